The molecular weight excluding hydrogens is 344 g/mol. The molecule has 0 amide bonds. The summed E-state index contributed by atoms with van der Waals surface area (Å²) in [6.45, 7) is 9.84. The van der Waals surface area contributed by atoms with E-state index in [-0.39, 0.29) is 24.2 Å². The molecule has 1 aliphatic rings. The summed E-state index contributed by atoms with van der Waals surface area (Å²) in [5.74, 6) is -2.12. The first-order chi connectivity index (χ1) is 12.1. The van der Waals surface area contributed by atoms with Gasteiger partial charge >= 0.3 is 7.12 Å². The third kappa shape index (κ3) is 4.33. The van der Waals surface area contributed by atoms with Crippen molar-refractivity contribution >= 4 is 12.7 Å². The largest absolute Gasteiger partial charge is 0.525 e. The van der Waals surface area contributed by atoms with Crippen molar-refractivity contribution in [2.24, 2.45) is 0 Å². The van der Waals surface area contributed by atoms with Gasteiger partial charge in [-0.15, -0.1) is 0 Å². The van der Waals surface area contributed by atoms with E-state index in [4.69, 9.17) is 14.0 Å². The molecule has 3 nitrogen and oxygen atoms in total. The van der Waals surface area contributed by atoms with Crippen LogP contribution in [-0.4, -0.2) is 31.5 Å². The van der Waals surface area contributed by atoms with E-state index in [9.17, 15) is 8.78 Å². The molecule has 0 bridgehead atoms. The fourth-order valence-electron chi connectivity index (χ4n) is 2.63. The van der Waals surface area contributed by atoms with Crippen LogP contribution in [0.4, 0.5) is 13.2 Å². The van der Waals surface area contributed by atoms with Crippen LogP contribution in [0.5, 0.6) is 0 Å². The monoisotopic (exact) mass is 370 g/mol. The molecule has 0 N–H and O–H groups in total. The first kappa shape index (κ1) is 21.0. The minimum atomic E-state index is -1.27. The smallest absolute Gasteiger partial charge is 0.398 e. The Morgan fingerprint density at radius 1 is 1.08 bits per heavy atom. The number of ether oxygens (including phenoxy) is 1. The van der Waals surface area contributed by atoms with Gasteiger partial charge in [-0.3, -0.25) is 0 Å². The Labute approximate surface area is 153 Å². The lowest BCUT2D eigenvalue weighted by Gasteiger charge is -2.32. The van der Waals surface area contributed by atoms with Crippen molar-refractivity contribution < 1.29 is 27.2 Å². The van der Waals surface area contributed by atoms with Crippen molar-refractivity contribution in [2.75, 3.05) is 13.2 Å². The third-order valence-corrected chi connectivity index (χ3v) is 4.87. The van der Waals surface area contributed by atoms with Crippen LogP contribution in [0, 0.1) is 11.6 Å². The van der Waals surface area contributed by atoms with Crippen molar-refractivity contribution in [1.29, 1.82) is 0 Å². The molecule has 1 fully saturated rings. The number of halogens is 3. The molecular formula is C19H26BF3O3. The molecule has 26 heavy (non-hydrogen) atoms. The zero-order valence-corrected chi connectivity index (χ0v) is 16.0. The van der Waals surface area contributed by atoms with Gasteiger partial charge in [0.2, 0.25) is 0 Å². The second kappa shape index (κ2) is 8.15. The summed E-state index contributed by atoms with van der Waals surface area (Å²) in [6.07, 6.45) is 0.892. The Hall–Kier alpha value is -1.31. The molecule has 1 aromatic rings. The highest BCUT2D eigenvalue weighted by Gasteiger charge is 2.53. The molecule has 1 saturated heterocycles. The zero-order chi connectivity index (χ0) is 19.5. The van der Waals surface area contributed by atoms with Gasteiger partial charge in [0, 0.05) is 12.2 Å². The maximum absolute atomic E-state index is 15.3. The number of hydrogen-bond donors (Lipinski definition) is 0. The van der Waals surface area contributed by atoms with Crippen molar-refractivity contribution in [2.45, 2.75) is 58.7 Å². The third-order valence-electron chi connectivity index (χ3n) is 4.87. The Bertz CT molecular complexity index is 658. The van der Waals surface area contributed by atoms with Crippen molar-refractivity contribution in [1.82, 2.24) is 0 Å². The van der Waals surface area contributed by atoms with Gasteiger partial charge < -0.3 is 14.0 Å². The van der Waals surface area contributed by atoms with E-state index in [1.54, 1.807) is 27.7 Å². The summed E-state index contributed by atoms with van der Waals surface area (Å²) in [4.78, 5) is 0. The lowest BCUT2D eigenvalue weighted by atomic mass is 9.81. The first-order valence-electron chi connectivity index (χ1n) is 8.87. The van der Waals surface area contributed by atoms with E-state index in [1.807, 2.05) is 6.92 Å². The van der Waals surface area contributed by atoms with E-state index >= 15 is 4.39 Å². The molecule has 1 aliphatic heterocycles. The van der Waals surface area contributed by atoms with Gasteiger partial charge in [-0.25, -0.2) is 13.2 Å². The van der Waals surface area contributed by atoms with Gasteiger partial charge in [-0.05, 0) is 52.2 Å². The van der Waals surface area contributed by atoms with Crippen LogP contribution < -0.4 is 0 Å². The van der Waals surface area contributed by atoms with E-state index in [0.29, 0.717) is 6.61 Å². The van der Waals surface area contributed by atoms with Crippen LogP contribution in [0.1, 0.15) is 53.0 Å². The molecule has 0 aromatic heterocycles. The highest BCUT2D eigenvalue weighted by atomic mass is 19.2. The fourth-order valence-corrected chi connectivity index (χ4v) is 2.63. The number of rotatable bonds is 7. The van der Waals surface area contributed by atoms with E-state index in [0.717, 1.165) is 12.5 Å². The molecule has 0 unspecified atom stereocenters. The summed E-state index contributed by atoms with van der Waals surface area (Å²) >= 11 is 0. The van der Waals surface area contributed by atoms with Gasteiger partial charge in [-0.2, -0.15) is 0 Å². The van der Waals surface area contributed by atoms with Crippen LogP contribution >= 0.6 is 0 Å². The van der Waals surface area contributed by atoms with Gasteiger partial charge in [0.15, 0.2) is 11.6 Å². The lowest BCUT2D eigenvalue weighted by Crippen LogP contribution is -2.41. The maximum atomic E-state index is 15.3. The van der Waals surface area contributed by atoms with E-state index in [2.05, 4.69) is 0 Å². The molecule has 1 aromatic carbocycles. The number of benzene rings is 1. The molecule has 0 spiro atoms. The maximum Gasteiger partial charge on any atom is 0.525 e. The Balaban J connectivity index is 2.39. The minimum absolute atomic E-state index is 0.00315. The van der Waals surface area contributed by atoms with Crippen molar-refractivity contribution in [3.05, 3.63) is 41.1 Å². The van der Waals surface area contributed by atoms with Crippen LogP contribution in [0.25, 0.3) is 5.57 Å². The second-order valence-corrected chi connectivity index (χ2v) is 7.38. The average Bonchev–Trinajstić information content (AvgIpc) is 2.78. The quantitative estimate of drug-likeness (QED) is 0.494. The van der Waals surface area contributed by atoms with Crippen molar-refractivity contribution in [3.63, 3.8) is 0 Å². The topological polar surface area (TPSA) is 27.7 Å². The Morgan fingerprint density at radius 3 is 2.27 bits per heavy atom. The molecule has 0 aliphatic carbocycles. The summed E-state index contributed by atoms with van der Waals surface area (Å²) in [5.41, 5.74) is -2.37. The SMILES string of the molecule is CCCOCCC(=C(F)B1OC(C)(C)C(C)(C)O1)c1cccc(F)c1F. The van der Waals surface area contributed by atoms with Crippen LogP contribution in [0.3, 0.4) is 0 Å². The van der Waals surface area contributed by atoms with Gasteiger partial charge in [0.1, 0.15) is 5.73 Å². The van der Waals surface area contributed by atoms with Crippen LogP contribution in [-0.2, 0) is 14.0 Å². The van der Waals surface area contributed by atoms with E-state index < -0.39 is 35.7 Å². The molecule has 7 heteroatoms. The molecule has 0 saturated carbocycles. The van der Waals surface area contributed by atoms with Gasteiger partial charge in [0.05, 0.1) is 17.8 Å². The molecule has 144 valence electrons. The minimum Gasteiger partial charge on any atom is -0.398 e. The second-order valence-electron chi connectivity index (χ2n) is 7.38. The summed E-state index contributed by atoms with van der Waals surface area (Å²) in [6, 6.07) is 3.69. The highest BCUT2D eigenvalue weighted by molar-refractivity contribution is 6.55. The van der Waals surface area contributed by atoms with Crippen molar-refractivity contribution in [3.8, 4) is 0 Å². The predicted octanol–water partition coefficient (Wildman–Crippen LogP) is 5.09. The molecule has 1 heterocycles. The van der Waals surface area contributed by atoms with Gasteiger partial charge in [0.25, 0.3) is 0 Å². The summed E-state index contributed by atoms with van der Waals surface area (Å²) in [7, 11) is -1.27. The normalized spacial score (nSPS) is 19.6. The fraction of sp³-hybridized carbons (Fsp3) is 0.579. The Kier molecular flexibility index (Phi) is 6.58. The number of hydrogen-bond acceptors (Lipinski definition) is 3. The molecule has 0 atom stereocenters. The average molecular weight is 370 g/mol. The standard InChI is InChI=1S/C19H26BF3O3/c1-6-11-24-12-10-14(13-8-7-9-15(21)16(13)22)17(23)20-25-18(2,3)19(4,5)26-20/h7-9H,6,10-12H2,1-5H3. The Morgan fingerprint density at radius 2 is 1.69 bits per heavy atom. The lowest BCUT2D eigenvalue weighted by molar-refractivity contribution is 0.00578. The van der Waals surface area contributed by atoms with Crippen LogP contribution in [0.15, 0.2) is 23.9 Å². The zero-order valence-electron chi connectivity index (χ0n) is 16.0. The van der Waals surface area contributed by atoms with Crippen LogP contribution in [0.2, 0.25) is 0 Å². The first-order valence-corrected chi connectivity index (χ1v) is 8.87. The van der Waals surface area contributed by atoms with Gasteiger partial charge in [-0.1, -0.05) is 19.1 Å². The summed E-state index contributed by atoms with van der Waals surface area (Å²) in [5, 5.41) is 0. The summed E-state index contributed by atoms with van der Waals surface area (Å²) < 4.78 is 60.0. The predicted molar refractivity (Wildman–Crippen MR) is 96.2 cm³/mol. The highest BCUT2D eigenvalue weighted by Crippen LogP contribution is 2.41. The molecule has 0 radical (unpaired) electrons. The van der Waals surface area contributed by atoms with E-state index in [1.165, 1.54) is 12.1 Å². The molecule has 2 rings (SSSR count).